The van der Waals surface area contributed by atoms with Crippen LogP contribution in [-0.2, 0) is 4.79 Å². The van der Waals surface area contributed by atoms with Gasteiger partial charge in [0.15, 0.2) is 6.10 Å². The van der Waals surface area contributed by atoms with Crippen molar-refractivity contribution in [3.63, 3.8) is 0 Å². The summed E-state index contributed by atoms with van der Waals surface area (Å²) in [6.45, 7) is 4.36. The molecule has 1 atom stereocenters. The Morgan fingerprint density at radius 3 is 2.89 bits per heavy atom. The number of carbonyl (C=O) groups is 1. The van der Waals surface area contributed by atoms with Crippen LogP contribution in [-0.4, -0.2) is 31.6 Å². The van der Waals surface area contributed by atoms with Gasteiger partial charge in [0.1, 0.15) is 5.75 Å². The topological polar surface area (TPSA) is 50.4 Å². The van der Waals surface area contributed by atoms with Gasteiger partial charge in [0, 0.05) is 25.6 Å². The quantitative estimate of drug-likeness (QED) is 0.850. The smallest absolute Gasteiger partial charge is 0.260 e. The Balaban J connectivity index is 1.81. The van der Waals surface area contributed by atoms with Crippen molar-refractivity contribution < 1.29 is 9.53 Å². The number of halogens is 1. The van der Waals surface area contributed by atoms with Gasteiger partial charge in [0.2, 0.25) is 0 Å². The summed E-state index contributed by atoms with van der Waals surface area (Å²) < 4.78 is 5.53. The molecule has 0 bridgehead atoms. The Bertz CT molecular complexity index is 421. The van der Waals surface area contributed by atoms with Crippen molar-refractivity contribution >= 4 is 17.5 Å². The highest BCUT2D eigenvalue weighted by Gasteiger charge is 2.20. The van der Waals surface area contributed by atoms with E-state index in [1.807, 2.05) is 12.1 Å². The molecular formula is C13H17ClN2O2. The second-order valence-corrected chi connectivity index (χ2v) is 4.87. The van der Waals surface area contributed by atoms with E-state index in [2.05, 4.69) is 10.6 Å². The van der Waals surface area contributed by atoms with Gasteiger partial charge in [-0.25, -0.2) is 0 Å². The van der Waals surface area contributed by atoms with Gasteiger partial charge in [-0.2, -0.15) is 0 Å². The Labute approximate surface area is 112 Å². The summed E-state index contributed by atoms with van der Waals surface area (Å²) in [6.07, 6.45) is -0.544. The molecule has 1 saturated heterocycles. The van der Waals surface area contributed by atoms with E-state index < -0.39 is 6.10 Å². The lowest BCUT2D eigenvalue weighted by atomic mass is 10.0. The number of hydrogen-bond acceptors (Lipinski definition) is 3. The average molecular weight is 269 g/mol. The number of amides is 1. The van der Waals surface area contributed by atoms with Crippen molar-refractivity contribution in [1.82, 2.24) is 10.6 Å². The molecule has 1 aliphatic heterocycles. The summed E-state index contributed by atoms with van der Waals surface area (Å²) >= 11 is 5.97. The molecule has 1 heterocycles. The minimum absolute atomic E-state index is 0.109. The van der Waals surface area contributed by atoms with Crippen LogP contribution in [0.15, 0.2) is 24.3 Å². The normalized spacial score (nSPS) is 16.8. The van der Waals surface area contributed by atoms with Crippen molar-refractivity contribution in [1.29, 1.82) is 0 Å². The molecule has 0 aliphatic carbocycles. The first-order valence-electron chi connectivity index (χ1n) is 6.06. The van der Waals surface area contributed by atoms with Crippen LogP contribution in [0.3, 0.4) is 0 Å². The first kappa shape index (κ1) is 13.2. The molecule has 1 unspecified atom stereocenters. The molecule has 5 heteroatoms. The molecule has 18 heavy (non-hydrogen) atoms. The van der Waals surface area contributed by atoms with Crippen LogP contribution in [0.1, 0.15) is 6.92 Å². The summed E-state index contributed by atoms with van der Waals surface area (Å²) in [4.78, 5) is 11.8. The van der Waals surface area contributed by atoms with Gasteiger partial charge in [-0.05, 0) is 19.1 Å². The van der Waals surface area contributed by atoms with Crippen molar-refractivity contribution in [2.24, 2.45) is 5.92 Å². The Kier molecular flexibility index (Phi) is 4.44. The number of rotatable bonds is 5. The molecule has 1 aromatic carbocycles. The number of carbonyl (C=O) groups excluding carboxylic acids is 1. The molecule has 2 rings (SSSR count). The standard InChI is InChI=1S/C13H17ClN2O2/c1-9(13(17)16-8-10-6-15-7-10)18-12-5-3-2-4-11(12)14/h2-5,9-10,15H,6-8H2,1H3,(H,16,17). The highest BCUT2D eigenvalue weighted by atomic mass is 35.5. The van der Waals surface area contributed by atoms with Crippen LogP contribution in [0.25, 0.3) is 0 Å². The molecule has 2 N–H and O–H groups in total. The van der Waals surface area contributed by atoms with E-state index in [9.17, 15) is 4.79 Å². The maximum Gasteiger partial charge on any atom is 0.260 e. The highest BCUT2D eigenvalue weighted by Crippen LogP contribution is 2.24. The van der Waals surface area contributed by atoms with Crippen molar-refractivity contribution in [3.05, 3.63) is 29.3 Å². The molecule has 4 nitrogen and oxygen atoms in total. The van der Waals surface area contributed by atoms with E-state index in [1.54, 1.807) is 19.1 Å². The lowest BCUT2D eigenvalue weighted by molar-refractivity contribution is -0.127. The fourth-order valence-corrected chi connectivity index (χ4v) is 1.85. The van der Waals surface area contributed by atoms with Gasteiger partial charge in [0.25, 0.3) is 5.91 Å². The van der Waals surface area contributed by atoms with Gasteiger partial charge in [-0.15, -0.1) is 0 Å². The monoisotopic (exact) mass is 268 g/mol. The molecule has 0 spiro atoms. The van der Waals surface area contributed by atoms with E-state index in [-0.39, 0.29) is 5.91 Å². The van der Waals surface area contributed by atoms with Crippen LogP contribution in [0.2, 0.25) is 5.02 Å². The largest absolute Gasteiger partial charge is 0.479 e. The predicted molar refractivity (Wildman–Crippen MR) is 70.9 cm³/mol. The molecule has 98 valence electrons. The lowest BCUT2D eigenvalue weighted by Crippen LogP contribution is -2.49. The number of hydrogen-bond donors (Lipinski definition) is 2. The number of ether oxygens (including phenoxy) is 1. The molecule has 1 aliphatic rings. The Morgan fingerprint density at radius 2 is 2.28 bits per heavy atom. The fourth-order valence-electron chi connectivity index (χ4n) is 1.67. The molecule has 1 amide bonds. The summed E-state index contributed by atoms with van der Waals surface area (Å²) in [5, 5.41) is 6.55. The molecule has 0 saturated carbocycles. The van der Waals surface area contributed by atoms with E-state index in [0.717, 1.165) is 13.1 Å². The summed E-state index contributed by atoms with van der Waals surface area (Å²) in [6, 6.07) is 7.14. The molecule has 0 radical (unpaired) electrons. The van der Waals surface area contributed by atoms with Gasteiger partial charge >= 0.3 is 0 Å². The van der Waals surface area contributed by atoms with Crippen LogP contribution < -0.4 is 15.4 Å². The van der Waals surface area contributed by atoms with Crippen LogP contribution in [0.4, 0.5) is 0 Å². The third-order valence-electron chi connectivity index (χ3n) is 2.94. The third kappa shape index (κ3) is 3.37. The molecule has 1 aromatic rings. The molecular weight excluding hydrogens is 252 g/mol. The zero-order chi connectivity index (χ0) is 13.0. The minimum atomic E-state index is -0.544. The zero-order valence-electron chi connectivity index (χ0n) is 10.3. The minimum Gasteiger partial charge on any atom is -0.479 e. The molecule has 1 fully saturated rings. The average Bonchev–Trinajstić information content (AvgIpc) is 2.30. The lowest BCUT2D eigenvalue weighted by Gasteiger charge is -2.27. The van der Waals surface area contributed by atoms with Crippen LogP contribution in [0, 0.1) is 5.92 Å². The van der Waals surface area contributed by atoms with Crippen LogP contribution in [0.5, 0.6) is 5.75 Å². The fraction of sp³-hybridized carbons (Fsp3) is 0.462. The maximum atomic E-state index is 11.8. The van der Waals surface area contributed by atoms with Gasteiger partial charge in [-0.1, -0.05) is 23.7 Å². The second-order valence-electron chi connectivity index (χ2n) is 4.46. The summed E-state index contributed by atoms with van der Waals surface area (Å²) in [7, 11) is 0. The first-order chi connectivity index (χ1) is 8.66. The number of para-hydroxylation sites is 1. The van der Waals surface area contributed by atoms with Crippen molar-refractivity contribution in [2.75, 3.05) is 19.6 Å². The predicted octanol–water partition coefficient (Wildman–Crippen LogP) is 1.44. The highest BCUT2D eigenvalue weighted by molar-refractivity contribution is 6.32. The van der Waals surface area contributed by atoms with Gasteiger partial charge in [0.05, 0.1) is 5.02 Å². The summed E-state index contributed by atoms with van der Waals surface area (Å²) in [5.41, 5.74) is 0. The van der Waals surface area contributed by atoms with Crippen molar-refractivity contribution in [2.45, 2.75) is 13.0 Å². The van der Waals surface area contributed by atoms with E-state index in [4.69, 9.17) is 16.3 Å². The zero-order valence-corrected chi connectivity index (χ0v) is 11.0. The van der Waals surface area contributed by atoms with Gasteiger partial charge in [-0.3, -0.25) is 4.79 Å². The van der Waals surface area contributed by atoms with Crippen molar-refractivity contribution in [3.8, 4) is 5.75 Å². The van der Waals surface area contributed by atoms with Crippen LogP contribution >= 0.6 is 11.6 Å². The SMILES string of the molecule is CC(Oc1ccccc1Cl)C(=O)NCC1CNC1. The van der Waals surface area contributed by atoms with E-state index >= 15 is 0 Å². The van der Waals surface area contributed by atoms with E-state index in [0.29, 0.717) is 23.2 Å². The summed E-state index contributed by atoms with van der Waals surface area (Å²) in [5.74, 6) is 0.968. The van der Waals surface area contributed by atoms with E-state index in [1.165, 1.54) is 0 Å². The maximum absolute atomic E-state index is 11.8. The Morgan fingerprint density at radius 1 is 1.56 bits per heavy atom. The number of benzene rings is 1. The molecule has 0 aromatic heterocycles. The third-order valence-corrected chi connectivity index (χ3v) is 3.25. The first-order valence-corrected chi connectivity index (χ1v) is 6.44. The number of nitrogens with one attached hydrogen (secondary N) is 2. The second kappa shape index (κ2) is 6.07. The van der Waals surface area contributed by atoms with Gasteiger partial charge < -0.3 is 15.4 Å². The Hall–Kier alpha value is -1.26.